The van der Waals surface area contributed by atoms with Crippen LogP contribution in [-0.2, 0) is 4.74 Å². The fourth-order valence-electron chi connectivity index (χ4n) is 2.90. The molecule has 9 nitrogen and oxygen atoms in total. The third-order valence-electron chi connectivity index (χ3n) is 4.37. The van der Waals surface area contributed by atoms with Gasteiger partial charge in [0.1, 0.15) is 6.33 Å². The second-order valence-corrected chi connectivity index (χ2v) is 6.07. The summed E-state index contributed by atoms with van der Waals surface area (Å²) in [5, 5.41) is 14.6. The Hall–Kier alpha value is -2.00. The van der Waals surface area contributed by atoms with Gasteiger partial charge in [0.05, 0.1) is 4.92 Å². The quantitative estimate of drug-likeness (QED) is 0.431. The number of aromatic nitrogens is 2. The second-order valence-electron chi connectivity index (χ2n) is 6.07. The molecule has 9 heteroatoms. The van der Waals surface area contributed by atoms with Gasteiger partial charge in [-0.25, -0.2) is 9.97 Å². The minimum absolute atomic E-state index is 0.0589. The van der Waals surface area contributed by atoms with E-state index in [-0.39, 0.29) is 17.5 Å². The zero-order chi connectivity index (χ0) is 17.5. The van der Waals surface area contributed by atoms with Crippen LogP contribution in [0.25, 0.3) is 0 Å². The molecule has 1 aromatic heterocycles. The zero-order valence-corrected chi connectivity index (χ0v) is 14.6. The van der Waals surface area contributed by atoms with Gasteiger partial charge in [-0.05, 0) is 39.4 Å². The lowest BCUT2D eigenvalue weighted by Crippen LogP contribution is -2.42. The third-order valence-corrected chi connectivity index (χ3v) is 4.37. The van der Waals surface area contributed by atoms with Crippen molar-refractivity contribution in [2.45, 2.75) is 25.3 Å². The highest BCUT2D eigenvalue weighted by Gasteiger charge is 2.30. The van der Waals surface area contributed by atoms with Crippen molar-refractivity contribution in [3.05, 3.63) is 16.4 Å². The number of rotatable bonds is 8. The monoisotopic (exact) mass is 338 g/mol. The van der Waals surface area contributed by atoms with Crippen LogP contribution in [0.3, 0.4) is 0 Å². The van der Waals surface area contributed by atoms with E-state index in [0.717, 1.165) is 32.4 Å². The Kier molecular flexibility index (Phi) is 6.68. The number of methoxy groups -OCH3 is 1. The molecule has 1 N–H and O–H groups in total. The Morgan fingerprint density at radius 2 is 2.17 bits per heavy atom. The van der Waals surface area contributed by atoms with Crippen molar-refractivity contribution < 1.29 is 9.66 Å². The molecule has 1 aliphatic rings. The summed E-state index contributed by atoms with van der Waals surface area (Å²) in [7, 11) is 5.59. The Balaban J connectivity index is 2.17. The van der Waals surface area contributed by atoms with Crippen molar-refractivity contribution in [1.82, 2.24) is 14.9 Å². The molecule has 0 aliphatic carbocycles. The fourth-order valence-corrected chi connectivity index (χ4v) is 2.90. The molecule has 24 heavy (non-hydrogen) atoms. The van der Waals surface area contributed by atoms with E-state index in [0.29, 0.717) is 19.0 Å². The van der Waals surface area contributed by atoms with Crippen LogP contribution in [0.15, 0.2) is 6.33 Å². The fraction of sp³-hybridized carbons (Fsp3) is 0.733. The predicted octanol–water partition coefficient (Wildman–Crippen LogP) is 1.36. The van der Waals surface area contributed by atoms with Crippen LogP contribution in [-0.4, -0.2) is 73.3 Å². The van der Waals surface area contributed by atoms with E-state index in [1.165, 1.54) is 6.33 Å². The third kappa shape index (κ3) is 4.51. The Bertz CT molecular complexity index is 548. The van der Waals surface area contributed by atoms with E-state index >= 15 is 0 Å². The number of likely N-dealkylation sites (tertiary alicyclic amines) is 1. The molecule has 134 valence electrons. The summed E-state index contributed by atoms with van der Waals surface area (Å²) in [6.07, 6.45) is 4.06. The van der Waals surface area contributed by atoms with Gasteiger partial charge in [0, 0.05) is 33.4 Å². The average molecular weight is 338 g/mol. The second kappa shape index (κ2) is 8.74. The molecule has 0 atom stereocenters. The summed E-state index contributed by atoms with van der Waals surface area (Å²) in [6.45, 7) is 3.11. The standard InChI is InChI=1S/C15H26N6O3/c1-19-8-5-12(6-9-19)20(2)15-13(21(22)23)14(17-11-18-15)16-7-4-10-24-3/h11-12H,4-10H2,1-3H3,(H,16,17,18). The number of anilines is 2. The van der Waals surface area contributed by atoms with E-state index in [9.17, 15) is 10.1 Å². The maximum atomic E-state index is 11.6. The topological polar surface area (TPSA) is 96.7 Å². The van der Waals surface area contributed by atoms with Crippen molar-refractivity contribution in [1.29, 1.82) is 0 Å². The molecule has 0 unspecified atom stereocenters. The van der Waals surface area contributed by atoms with Gasteiger partial charge in [-0.15, -0.1) is 0 Å². The number of hydrogen-bond acceptors (Lipinski definition) is 8. The predicted molar refractivity (Wildman–Crippen MR) is 92.6 cm³/mol. The molecule has 1 aromatic rings. The van der Waals surface area contributed by atoms with Crippen molar-refractivity contribution in [3.8, 4) is 0 Å². The Morgan fingerprint density at radius 3 is 2.79 bits per heavy atom. The number of piperidine rings is 1. The molecule has 1 aliphatic heterocycles. The lowest BCUT2D eigenvalue weighted by atomic mass is 10.0. The van der Waals surface area contributed by atoms with Crippen molar-refractivity contribution in [2.75, 3.05) is 57.7 Å². The van der Waals surface area contributed by atoms with Gasteiger partial charge in [0.25, 0.3) is 0 Å². The van der Waals surface area contributed by atoms with Crippen molar-refractivity contribution >= 4 is 17.3 Å². The smallest absolute Gasteiger partial charge is 0.353 e. The molecule has 0 amide bonds. The van der Waals surface area contributed by atoms with Crippen LogP contribution in [0, 0.1) is 10.1 Å². The van der Waals surface area contributed by atoms with E-state index in [1.54, 1.807) is 7.11 Å². The van der Waals surface area contributed by atoms with Crippen LogP contribution in [0.5, 0.6) is 0 Å². The summed E-state index contributed by atoms with van der Waals surface area (Å²) >= 11 is 0. The normalized spacial score (nSPS) is 16.1. The number of nitrogens with zero attached hydrogens (tertiary/aromatic N) is 5. The zero-order valence-electron chi connectivity index (χ0n) is 14.6. The molecule has 1 fully saturated rings. The first-order valence-corrected chi connectivity index (χ1v) is 8.18. The molecular weight excluding hydrogens is 312 g/mol. The van der Waals surface area contributed by atoms with Gasteiger partial charge in [-0.1, -0.05) is 0 Å². The maximum absolute atomic E-state index is 11.6. The van der Waals surface area contributed by atoms with E-state index in [2.05, 4.69) is 27.2 Å². The van der Waals surface area contributed by atoms with Crippen LogP contribution in [0.1, 0.15) is 19.3 Å². The molecule has 2 rings (SSSR count). The highest BCUT2D eigenvalue weighted by Crippen LogP contribution is 2.33. The largest absolute Gasteiger partial charge is 0.385 e. The summed E-state index contributed by atoms with van der Waals surface area (Å²) in [5.74, 6) is 0.639. The first kappa shape index (κ1) is 18.3. The van der Waals surface area contributed by atoms with Gasteiger partial charge in [-0.3, -0.25) is 10.1 Å². The van der Waals surface area contributed by atoms with Gasteiger partial charge in [0.2, 0.25) is 11.6 Å². The Labute approximate surface area is 142 Å². The molecule has 2 heterocycles. The van der Waals surface area contributed by atoms with Crippen molar-refractivity contribution in [2.24, 2.45) is 0 Å². The average Bonchev–Trinajstić information content (AvgIpc) is 2.58. The van der Waals surface area contributed by atoms with Gasteiger partial charge in [0.15, 0.2) is 0 Å². The van der Waals surface area contributed by atoms with Crippen molar-refractivity contribution in [3.63, 3.8) is 0 Å². The number of ether oxygens (including phenoxy) is 1. The highest BCUT2D eigenvalue weighted by atomic mass is 16.6. The first-order valence-electron chi connectivity index (χ1n) is 8.18. The number of nitro groups is 1. The molecule has 0 bridgehead atoms. The van der Waals surface area contributed by atoms with E-state index in [1.807, 2.05) is 11.9 Å². The molecule has 0 saturated carbocycles. The lowest BCUT2D eigenvalue weighted by Gasteiger charge is -2.35. The first-order chi connectivity index (χ1) is 11.5. The van der Waals surface area contributed by atoms with Gasteiger partial charge < -0.3 is 19.9 Å². The molecule has 0 spiro atoms. The van der Waals surface area contributed by atoms with E-state index in [4.69, 9.17) is 4.74 Å². The summed E-state index contributed by atoms with van der Waals surface area (Å²) in [5.41, 5.74) is -0.0589. The minimum atomic E-state index is -0.403. The molecule has 1 saturated heterocycles. The van der Waals surface area contributed by atoms with Crippen LogP contribution < -0.4 is 10.2 Å². The SMILES string of the molecule is COCCCNc1ncnc(N(C)C2CCN(C)CC2)c1[N+](=O)[O-]. The van der Waals surface area contributed by atoms with Crippen LogP contribution in [0.4, 0.5) is 17.3 Å². The van der Waals surface area contributed by atoms with E-state index < -0.39 is 4.92 Å². The Morgan fingerprint density at radius 1 is 1.46 bits per heavy atom. The lowest BCUT2D eigenvalue weighted by molar-refractivity contribution is -0.383. The number of nitrogens with one attached hydrogen (secondary N) is 1. The van der Waals surface area contributed by atoms with Crippen LogP contribution in [0.2, 0.25) is 0 Å². The summed E-state index contributed by atoms with van der Waals surface area (Å²) < 4.78 is 4.99. The molecule has 0 aromatic carbocycles. The maximum Gasteiger partial charge on any atom is 0.353 e. The van der Waals surface area contributed by atoms with Crippen LogP contribution >= 0.6 is 0 Å². The molecular formula is C15H26N6O3. The number of hydrogen-bond donors (Lipinski definition) is 1. The summed E-state index contributed by atoms with van der Waals surface area (Å²) in [6, 6.07) is 0.246. The summed E-state index contributed by atoms with van der Waals surface area (Å²) in [4.78, 5) is 23.6. The highest BCUT2D eigenvalue weighted by molar-refractivity contribution is 5.70. The van der Waals surface area contributed by atoms with Gasteiger partial charge >= 0.3 is 5.69 Å². The molecule has 0 radical (unpaired) electrons. The van der Waals surface area contributed by atoms with Gasteiger partial charge in [-0.2, -0.15) is 0 Å². The minimum Gasteiger partial charge on any atom is -0.385 e.